The van der Waals surface area contributed by atoms with E-state index in [1.165, 1.54) is 5.56 Å². The van der Waals surface area contributed by atoms with Gasteiger partial charge in [0.05, 0.1) is 30.1 Å². The maximum atomic E-state index is 9.14. The van der Waals surface area contributed by atoms with Crippen LogP contribution in [0.15, 0.2) is 77.9 Å². The van der Waals surface area contributed by atoms with Gasteiger partial charge >= 0.3 is 0 Å². The zero-order chi connectivity index (χ0) is 31.5. The molecule has 0 atom stereocenters. The number of hydrogen-bond donors (Lipinski definition) is 3. The van der Waals surface area contributed by atoms with Gasteiger partial charge in [-0.15, -0.1) is 10.2 Å². The summed E-state index contributed by atoms with van der Waals surface area (Å²) in [6, 6.07) is 23.4. The SMILES string of the molecule is CN=C(C)c1n[nH]c(C2CCN(Cc3ccc(-c4nc5ccn6c(CNCCO)nnc6c5cc4-c4ccccc4)cc3)CC2)n1. The average Bonchev–Trinajstić information content (AvgIpc) is 3.77. The lowest BCUT2D eigenvalue weighted by molar-refractivity contribution is 0.202. The lowest BCUT2D eigenvalue weighted by Crippen LogP contribution is -2.32. The van der Waals surface area contributed by atoms with Crippen molar-refractivity contribution in [3.63, 3.8) is 0 Å². The van der Waals surface area contributed by atoms with Crippen LogP contribution in [0.5, 0.6) is 0 Å². The first-order valence-corrected chi connectivity index (χ1v) is 15.8. The molecule has 234 valence electrons. The highest BCUT2D eigenvalue weighted by Crippen LogP contribution is 2.35. The quantitative estimate of drug-likeness (QED) is 0.150. The first-order valence-electron chi connectivity index (χ1n) is 15.8. The standard InChI is InChI=1S/C35H38N10O/c1-23(36-2)33-39-34(42-41-33)27-12-16-44(17-13-27)22-24-8-10-26(11-9-24)32-28(25-6-4-3-5-7-25)20-29-30(38-32)14-18-45-31(21-37-15-19-46)40-43-35(29)45/h3-11,14,18,20,27,37,46H,12-13,15-17,19,21-22H2,1-2H3,(H,39,41,42). The second-order valence-corrected chi connectivity index (χ2v) is 11.8. The zero-order valence-electron chi connectivity index (χ0n) is 26.2. The Labute approximate surface area is 267 Å². The van der Waals surface area contributed by atoms with Crippen molar-refractivity contribution >= 4 is 22.3 Å². The molecular weight excluding hydrogens is 576 g/mol. The highest BCUT2D eigenvalue weighted by atomic mass is 16.3. The number of nitrogens with zero attached hydrogens (tertiary/aromatic N) is 8. The Morgan fingerprint density at radius 1 is 1.00 bits per heavy atom. The maximum absolute atomic E-state index is 9.14. The molecular formula is C35H38N10O. The Hall–Kier alpha value is -4.84. The number of aliphatic imine (C=N–C) groups is 1. The summed E-state index contributed by atoms with van der Waals surface area (Å²) in [6.45, 7) is 5.98. The molecule has 6 aromatic rings. The summed E-state index contributed by atoms with van der Waals surface area (Å²) in [7, 11) is 1.77. The molecule has 0 amide bonds. The van der Waals surface area contributed by atoms with Crippen molar-refractivity contribution in [3.8, 4) is 22.4 Å². The molecule has 0 radical (unpaired) electrons. The average molecular weight is 615 g/mol. The highest BCUT2D eigenvalue weighted by Gasteiger charge is 2.24. The van der Waals surface area contributed by atoms with E-state index in [0.29, 0.717) is 24.8 Å². The highest BCUT2D eigenvalue weighted by molar-refractivity contribution is 5.98. The van der Waals surface area contributed by atoms with Crippen LogP contribution in [0.2, 0.25) is 0 Å². The topological polar surface area (TPSA) is 133 Å². The molecule has 0 saturated carbocycles. The molecule has 3 N–H and O–H groups in total. The minimum absolute atomic E-state index is 0.0768. The second-order valence-electron chi connectivity index (χ2n) is 11.8. The van der Waals surface area contributed by atoms with Crippen LogP contribution in [0.25, 0.3) is 38.9 Å². The van der Waals surface area contributed by atoms with Gasteiger partial charge in [-0.25, -0.2) is 9.97 Å². The largest absolute Gasteiger partial charge is 0.395 e. The summed E-state index contributed by atoms with van der Waals surface area (Å²) >= 11 is 0. The van der Waals surface area contributed by atoms with Crippen molar-refractivity contribution in [2.24, 2.45) is 4.99 Å². The molecule has 46 heavy (non-hydrogen) atoms. The maximum Gasteiger partial charge on any atom is 0.194 e. The van der Waals surface area contributed by atoms with Gasteiger partial charge in [0.2, 0.25) is 0 Å². The molecule has 11 nitrogen and oxygen atoms in total. The summed E-state index contributed by atoms with van der Waals surface area (Å²) in [5.74, 6) is 2.85. The minimum Gasteiger partial charge on any atom is -0.395 e. The van der Waals surface area contributed by atoms with Crippen LogP contribution < -0.4 is 5.32 Å². The fraction of sp³-hybridized carbons (Fsp3) is 0.314. The van der Waals surface area contributed by atoms with E-state index in [4.69, 9.17) is 10.1 Å². The summed E-state index contributed by atoms with van der Waals surface area (Å²) in [6.07, 6.45) is 4.08. The number of aromatic amines is 1. The van der Waals surface area contributed by atoms with Gasteiger partial charge < -0.3 is 10.4 Å². The van der Waals surface area contributed by atoms with E-state index >= 15 is 0 Å². The normalized spacial score (nSPS) is 14.9. The van der Waals surface area contributed by atoms with Crippen molar-refractivity contribution in [1.82, 2.24) is 45.0 Å². The summed E-state index contributed by atoms with van der Waals surface area (Å²) in [4.78, 5) is 16.6. The van der Waals surface area contributed by atoms with Gasteiger partial charge in [0, 0.05) is 48.8 Å². The summed E-state index contributed by atoms with van der Waals surface area (Å²) in [5.41, 5.74) is 7.93. The van der Waals surface area contributed by atoms with Gasteiger partial charge in [0.15, 0.2) is 17.3 Å². The Bertz CT molecular complexity index is 1970. The molecule has 1 aliphatic heterocycles. The van der Waals surface area contributed by atoms with Crippen molar-refractivity contribution in [2.45, 2.75) is 38.8 Å². The van der Waals surface area contributed by atoms with Crippen molar-refractivity contribution in [2.75, 3.05) is 33.3 Å². The van der Waals surface area contributed by atoms with Crippen LogP contribution >= 0.6 is 0 Å². The fourth-order valence-electron chi connectivity index (χ4n) is 6.21. The molecule has 11 heteroatoms. The third-order valence-corrected chi connectivity index (χ3v) is 8.87. The van der Waals surface area contributed by atoms with E-state index in [9.17, 15) is 0 Å². The zero-order valence-corrected chi connectivity index (χ0v) is 26.2. The van der Waals surface area contributed by atoms with Crippen molar-refractivity contribution in [1.29, 1.82) is 0 Å². The number of aliphatic hydroxyl groups excluding tert-OH is 1. The second kappa shape index (κ2) is 13.3. The Morgan fingerprint density at radius 2 is 1.80 bits per heavy atom. The van der Waals surface area contributed by atoms with Crippen LogP contribution in [0.4, 0.5) is 0 Å². The van der Waals surface area contributed by atoms with Crippen LogP contribution in [-0.4, -0.2) is 83.8 Å². The van der Waals surface area contributed by atoms with E-state index in [1.54, 1.807) is 7.05 Å². The molecule has 2 aromatic carbocycles. The number of piperidine rings is 1. The lowest BCUT2D eigenvalue weighted by Gasteiger charge is -2.31. The van der Waals surface area contributed by atoms with E-state index in [-0.39, 0.29) is 6.61 Å². The van der Waals surface area contributed by atoms with Crippen LogP contribution in [0, 0.1) is 0 Å². The number of hydrogen-bond acceptors (Lipinski definition) is 9. The number of benzene rings is 2. The number of fused-ring (bicyclic) bond motifs is 3. The van der Waals surface area contributed by atoms with Crippen molar-refractivity contribution < 1.29 is 5.11 Å². The van der Waals surface area contributed by atoms with Gasteiger partial charge in [0.25, 0.3) is 0 Å². The van der Waals surface area contributed by atoms with Gasteiger partial charge in [-0.3, -0.25) is 19.4 Å². The number of rotatable bonds is 10. The monoisotopic (exact) mass is 614 g/mol. The van der Waals surface area contributed by atoms with E-state index in [1.807, 2.05) is 29.7 Å². The van der Waals surface area contributed by atoms with Crippen LogP contribution in [0.1, 0.15) is 48.7 Å². The van der Waals surface area contributed by atoms with Gasteiger partial charge in [-0.05, 0) is 56.1 Å². The molecule has 5 heterocycles. The summed E-state index contributed by atoms with van der Waals surface area (Å²) < 4.78 is 1.99. The number of pyridine rings is 2. The molecule has 1 fully saturated rings. The molecule has 7 rings (SSSR count). The number of nitrogens with one attached hydrogen (secondary N) is 2. The first-order chi connectivity index (χ1) is 22.6. The van der Waals surface area contributed by atoms with Gasteiger partial charge in [0.1, 0.15) is 5.82 Å². The van der Waals surface area contributed by atoms with E-state index in [2.05, 4.69) is 95.2 Å². The number of aromatic nitrogens is 7. The first kappa shape index (κ1) is 29.8. The molecule has 0 bridgehead atoms. The minimum atomic E-state index is 0.0768. The van der Waals surface area contributed by atoms with Crippen molar-refractivity contribution in [3.05, 3.63) is 96.0 Å². The van der Waals surface area contributed by atoms with Gasteiger partial charge in [-0.1, -0.05) is 54.6 Å². The smallest absolute Gasteiger partial charge is 0.194 e. The van der Waals surface area contributed by atoms with Crippen LogP contribution in [-0.2, 0) is 13.1 Å². The number of H-pyrrole nitrogens is 1. The van der Waals surface area contributed by atoms with E-state index in [0.717, 1.165) is 88.8 Å². The van der Waals surface area contributed by atoms with E-state index < -0.39 is 0 Å². The molecule has 0 spiro atoms. The molecule has 0 aliphatic carbocycles. The number of likely N-dealkylation sites (tertiary alicyclic amines) is 1. The summed E-state index contributed by atoms with van der Waals surface area (Å²) in [5, 5.41) is 29.7. The lowest BCUT2D eigenvalue weighted by atomic mass is 9.95. The Kier molecular flexibility index (Phi) is 8.60. The molecule has 4 aromatic heterocycles. The van der Waals surface area contributed by atoms with Gasteiger partial charge in [-0.2, -0.15) is 5.10 Å². The third kappa shape index (κ3) is 6.04. The van der Waals surface area contributed by atoms with Crippen LogP contribution in [0.3, 0.4) is 0 Å². The Balaban J connectivity index is 1.12. The number of aliphatic hydroxyl groups is 1. The molecule has 0 unspecified atom stereocenters. The predicted octanol–water partition coefficient (Wildman–Crippen LogP) is 4.63. The Morgan fingerprint density at radius 3 is 2.57 bits per heavy atom. The molecule has 1 saturated heterocycles. The predicted molar refractivity (Wildman–Crippen MR) is 180 cm³/mol. The molecule has 1 aliphatic rings. The fourth-order valence-corrected chi connectivity index (χ4v) is 6.21. The third-order valence-electron chi connectivity index (χ3n) is 8.87.